The normalized spacial score (nSPS) is 15.6. The van der Waals surface area contributed by atoms with Crippen molar-refractivity contribution in [2.24, 2.45) is 0 Å². The van der Waals surface area contributed by atoms with E-state index in [2.05, 4.69) is 5.32 Å². The molecule has 0 radical (unpaired) electrons. The Morgan fingerprint density at radius 3 is 2.75 bits per heavy atom. The number of pyridine rings is 1. The molecule has 2 N–H and O–H groups in total. The fraction of sp³-hybridized carbons (Fsp3) is 0.368. The summed E-state index contributed by atoms with van der Waals surface area (Å²) in [5, 5.41) is 12.7. The van der Waals surface area contributed by atoms with Crippen molar-refractivity contribution in [3.63, 3.8) is 0 Å². The van der Waals surface area contributed by atoms with Gasteiger partial charge in [-0.3, -0.25) is 9.59 Å². The molecule has 0 spiro atoms. The van der Waals surface area contributed by atoms with Gasteiger partial charge in [-0.15, -0.1) is 0 Å². The van der Waals surface area contributed by atoms with E-state index in [0.29, 0.717) is 19.4 Å². The van der Waals surface area contributed by atoms with Gasteiger partial charge in [0.15, 0.2) is 0 Å². The summed E-state index contributed by atoms with van der Waals surface area (Å²) in [5.41, 5.74) is 1.12. The first-order chi connectivity index (χ1) is 11.5. The van der Waals surface area contributed by atoms with Gasteiger partial charge in [0.05, 0.1) is 12.1 Å². The quantitative estimate of drug-likeness (QED) is 0.881. The van der Waals surface area contributed by atoms with Crippen LogP contribution in [0.3, 0.4) is 0 Å². The Kier molecular flexibility index (Phi) is 4.53. The zero-order valence-electron chi connectivity index (χ0n) is 13.8. The first-order valence-corrected chi connectivity index (χ1v) is 8.22. The van der Waals surface area contributed by atoms with Crippen LogP contribution in [0.5, 0.6) is 0 Å². The van der Waals surface area contributed by atoms with Gasteiger partial charge in [-0.1, -0.05) is 29.8 Å². The second kappa shape index (κ2) is 6.61. The number of amides is 1. The number of carbonyl (C=O) groups excluding carboxylic acids is 1. The number of nitrogens with zero attached hydrogens (tertiary/aromatic N) is 1. The van der Waals surface area contributed by atoms with Crippen LogP contribution in [-0.2, 0) is 6.54 Å². The van der Waals surface area contributed by atoms with E-state index in [-0.39, 0.29) is 17.7 Å². The minimum atomic E-state index is -0.801. The molecule has 0 unspecified atom stereocenters. The Hall–Kier alpha value is -2.40. The number of nitrogens with one attached hydrogen (secondary N) is 1. The Labute approximate surface area is 140 Å². The van der Waals surface area contributed by atoms with Gasteiger partial charge in [-0.05, 0) is 43.9 Å². The van der Waals surface area contributed by atoms with Gasteiger partial charge in [0.2, 0.25) is 0 Å². The Morgan fingerprint density at radius 1 is 1.29 bits per heavy atom. The van der Waals surface area contributed by atoms with Gasteiger partial charge < -0.3 is 15.0 Å². The molecule has 1 heterocycles. The largest absolute Gasteiger partial charge is 0.388 e. The molecule has 2 aromatic rings. The first kappa shape index (κ1) is 16.5. The fourth-order valence-corrected chi connectivity index (χ4v) is 2.94. The second-order valence-electron chi connectivity index (χ2n) is 6.60. The number of hydrogen-bond acceptors (Lipinski definition) is 3. The molecule has 1 saturated carbocycles. The van der Waals surface area contributed by atoms with Gasteiger partial charge in [0, 0.05) is 12.7 Å². The number of aryl methyl sites for hydroxylation is 1. The summed E-state index contributed by atoms with van der Waals surface area (Å²) in [7, 11) is 0. The van der Waals surface area contributed by atoms with Gasteiger partial charge in [0.1, 0.15) is 5.56 Å². The smallest absolute Gasteiger partial charge is 0.263 e. The maximum Gasteiger partial charge on any atom is 0.263 e. The van der Waals surface area contributed by atoms with E-state index in [0.717, 1.165) is 17.5 Å². The van der Waals surface area contributed by atoms with Crippen molar-refractivity contribution in [3.8, 4) is 0 Å². The van der Waals surface area contributed by atoms with Crippen LogP contribution in [0.2, 0.25) is 0 Å². The minimum Gasteiger partial charge on any atom is -0.388 e. The summed E-state index contributed by atoms with van der Waals surface area (Å²) in [6.45, 7) is 2.62. The third-order valence-corrected chi connectivity index (χ3v) is 4.56. The van der Waals surface area contributed by atoms with E-state index in [4.69, 9.17) is 0 Å². The summed E-state index contributed by atoms with van der Waals surface area (Å²) in [6.07, 6.45) is 4.04. The van der Waals surface area contributed by atoms with Crippen LogP contribution in [0, 0.1) is 6.92 Å². The number of hydrogen-bond donors (Lipinski definition) is 2. The lowest BCUT2D eigenvalue weighted by Crippen LogP contribution is -2.48. The average Bonchev–Trinajstić information content (AvgIpc) is 2.53. The highest BCUT2D eigenvalue weighted by atomic mass is 16.3. The highest BCUT2D eigenvalue weighted by molar-refractivity contribution is 5.93. The van der Waals surface area contributed by atoms with Crippen LogP contribution < -0.4 is 10.9 Å². The number of rotatable bonds is 5. The number of carbonyl (C=O) groups is 1. The topological polar surface area (TPSA) is 71.3 Å². The molecule has 24 heavy (non-hydrogen) atoms. The molecule has 0 saturated heterocycles. The SMILES string of the molecule is Cc1cccc(Cn2cccc(C(=O)NCC3(O)CCC3)c2=O)c1. The lowest BCUT2D eigenvalue weighted by Gasteiger charge is -2.36. The molecule has 0 bridgehead atoms. The zero-order chi connectivity index (χ0) is 17.2. The zero-order valence-corrected chi connectivity index (χ0v) is 13.8. The third kappa shape index (κ3) is 3.57. The maximum absolute atomic E-state index is 12.5. The summed E-state index contributed by atoms with van der Waals surface area (Å²) < 4.78 is 1.53. The Balaban J connectivity index is 1.75. The number of benzene rings is 1. The predicted octanol–water partition coefficient (Wildman–Crippen LogP) is 1.85. The van der Waals surface area contributed by atoms with Gasteiger partial charge in [0.25, 0.3) is 11.5 Å². The van der Waals surface area contributed by atoms with Crippen molar-refractivity contribution in [1.29, 1.82) is 0 Å². The number of aromatic nitrogens is 1. The molecule has 1 aliphatic carbocycles. The van der Waals surface area contributed by atoms with E-state index in [1.807, 2.05) is 31.2 Å². The molecular weight excluding hydrogens is 304 g/mol. The molecule has 1 aromatic heterocycles. The molecule has 1 amide bonds. The van der Waals surface area contributed by atoms with Crippen LogP contribution in [-0.4, -0.2) is 27.7 Å². The van der Waals surface area contributed by atoms with Crippen molar-refractivity contribution >= 4 is 5.91 Å². The fourth-order valence-electron chi connectivity index (χ4n) is 2.94. The van der Waals surface area contributed by atoms with Crippen LogP contribution in [0.15, 0.2) is 47.4 Å². The Bertz CT molecular complexity index is 806. The predicted molar refractivity (Wildman–Crippen MR) is 92.1 cm³/mol. The monoisotopic (exact) mass is 326 g/mol. The van der Waals surface area contributed by atoms with Crippen molar-refractivity contribution < 1.29 is 9.90 Å². The molecule has 3 rings (SSSR count). The molecule has 126 valence electrons. The highest BCUT2D eigenvalue weighted by Crippen LogP contribution is 2.30. The molecule has 5 heteroatoms. The molecule has 0 aliphatic heterocycles. The summed E-state index contributed by atoms with van der Waals surface area (Å²) in [4.78, 5) is 24.8. The molecule has 0 atom stereocenters. The van der Waals surface area contributed by atoms with Crippen LogP contribution >= 0.6 is 0 Å². The molecular formula is C19H22N2O3. The molecule has 5 nitrogen and oxygen atoms in total. The van der Waals surface area contributed by atoms with E-state index in [1.54, 1.807) is 12.3 Å². The first-order valence-electron chi connectivity index (χ1n) is 8.22. The minimum absolute atomic E-state index is 0.105. The summed E-state index contributed by atoms with van der Waals surface area (Å²) in [5.74, 6) is -0.432. The van der Waals surface area contributed by atoms with E-state index in [9.17, 15) is 14.7 Å². The van der Waals surface area contributed by atoms with Crippen LogP contribution in [0.25, 0.3) is 0 Å². The van der Waals surface area contributed by atoms with Gasteiger partial charge >= 0.3 is 0 Å². The second-order valence-corrected chi connectivity index (χ2v) is 6.60. The highest BCUT2D eigenvalue weighted by Gasteiger charge is 2.34. The molecule has 1 aromatic carbocycles. The van der Waals surface area contributed by atoms with Crippen LogP contribution in [0.4, 0.5) is 0 Å². The maximum atomic E-state index is 12.5. The third-order valence-electron chi connectivity index (χ3n) is 4.56. The standard InChI is InChI=1S/C19H22N2O3/c1-14-5-2-6-15(11-14)12-21-10-3-7-16(18(21)23)17(22)20-13-19(24)8-4-9-19/h2-3,5-7,10-11,24H,4,8-9,12-13H2,1H3,(H,20,22). The van der Waals surface area contributed by atoms with Crippen molar-refractivity contribution in [2.45, 2.75) is 38.3 Å². The number of aliphatic hydroxyl groups is 1. The van der Waals surface area contributed by atoms with Crippen molar-refractivity contribution in [2.75, 3.05) is 6.54 Å². The van der Waals surface area contributed by atoms with E-state index in [1.165, 1.54) is 10.6 Å². The van der Waals surface area contributed by atoms with Crippen molar-refractivity contribution in [3.05, 3.63) is 69.6 Å². The summed E-state index contributed by atoms with van der Waals surface area (Å²) in [6, 6.07) is 11.1. The van der Waals surface area contributed by atoms with E-state index >= 15 is 0 Å². The lowest BCUT2D eigenvalue weighted by molar-refractivity contribution is -0.0300. The summed E-state index contributed by atoms with van der Waals surface area (Å²) >= 11 is 0. The van der Waals surface area contributed by atoms with Gasteiger partial charge in [-0.2, -0.15) is 0 Å². The van der Waals surface area contributed by atoms with Gasteiger partial charge in [-0.25, -0.2) is 0 Å². The molecule has 1 fully saturated rings. The lowest BCUT2D eigenvalue weighted by atomic mass is 9.80. The van der Waals surface area contributed by atoms with Crippen molar-refractivity contribution in [1.82, 2.24) is 9.88 Å². The average molecular weight is 326 g/mol. The van der Waals surface area contributed by atoms with E-state index < -0.39 is 11.5 Å². The Morgan fingerprint density at radius 2 is 2.08 bits per heavy atom. The van der Waals surface area contributed by atoms with Crippen LogP contribution in [0.1, 0.15) is 40.7 Å². The molecule has 1 aliphatic rings.